The van der Waals surface area contributed by atoms with Crippen LogP contribution in [-0.4, -0.2) is 43.7 Å². The number of hydrogen-bond acceptors (Lipinski definition) is 5. The summed E-state index contributed by atoms with van der Waals surface area (Å²) in [6, 6.07) is 1.90. The molecule has 0 radical (unpaired) electrons. The summed E-state index contributed by atoms with van der Waals surface area (Å²) in [5.41, 5.74) is 6.61. The largest absolute Gasteiger partial charge is 0.398 e. The number of thiophene rings is 1. The lowest BCUT2D eigenvalue weighted by Crippen LogP contribution is -2.41. The number of nitrogens with two attached hydrogens (primary N) is 1. The van der Waals surface area contributed by atoms with Gasteiger partial charge in [0, 0.05) is 43.2 Å². The number of rotatable bonds is 5. The fourth-order valence-corrected chi connectivity index (χ4v) is 2.63. The summed E-state index contributed by atoms with van der Waals surface area (Å²) in [6.45, 7) is 4.18. The molecule has 2 rings (SSSR count). The summed E-state index contributed by atoms with van der Waals surface area (Å²) in [5, 5.41) is 5.23. The molecule has 0 spiro atoms. The molecule has 1 aromatic heterocycles. The molecule has 1 aliphatic heterocycles. The number of nitrogens with zero attached hydrogens (tertiary/aromatic N) is 1. The standard InChI is InChI=1S/C12H19N3O2S/c13-10-2-8-18-11(10)9-14-3-1-12(16)15-4-6-17-7-5-15/h2,8,14H,1,3-7,9,13H2. The van der Waals surface area contributed by atoms with E-state index >= 15 is 0 Å². The lowest BCUT2D eigenvalue weighted by molar-refractivity contribution is -0.135. The molecular formula is C12H19N3O2S. The van der Waals surface area contributed by atoms with E-state index in [9.17, 15) is 4.79 Å². The number of morpholine rings is 1. The average Bonchev–Trinajstić information content (AvgIpc) is 2.81. The number of hydrogen-bond donors (Lipinski definition) is 2. The van der Waals surface area contributed by atoms with Crippen molar-refractivity contribution in [3.05, 3.63) is 16.3 Å². The maximum absolute atomic E-state index is 11.8. The second kappa shape index (κ2) is 6.72. The zero-order valence-corrected chi connectivity index (χ0v) is 11.2. The summed E-state index contributed by atoms with van der Waals surface area (Å²) < 4.78 is 5.22. The third-order valence-electron chi connectivity index (χ3n) is 2.94. The number of nitrogens with one attached hydrogen (secondary N) is 1. The number of ether oxygens (including phenoxy) is 1. The van der Waals surface area contributed by atoms with Crippen LogP contribution in [0, 0.1) is 0 Å². The zero-order valence-electron chi connectivity index (χ0n) is 10.4. The van der Waals surface area contributed by atoms with Gasteiger partial charge in [-0.15, -0.1) is 11.3 Å². The van der Waals surface area contributed by atoms with Crippen LogP contribution < -0.4 is 11.1 Å². The van der Waals surface area contributed by atoms with E-state index in [-0.39, 0.29) is 5.91 Å². The van der Waals surface area contributed by atoms with E-state index < -0.39 is 0 Å². The van der Waals surface area contributed by atoms with E-state index in [1.54, 1.807) is 11.3 Å². The minimum atomic E-state index is 0.199. The molecule has 100 valence electrons. The summed E-state index contributed by atoms with van der Waals surface area (Å²) in [7, 11) is 0. The van der Waals surface area contributed by atoms with E-state index in [0.29, 0.717) is 26.2 Å². The minimum Gasteiger partial charge on any atom is -0.398 e. The van der Waals surface area contributed by atoms with Gasteiger partial charge in [0.1, 0.15) is 0 Å². The molecule has 0 bridgehead atoms. The van der Waals surface area contributed by atoms with Gasteiger partial charge in [0.05, 0.1) is 13.2 Å². The second-order valence-electron chi connectivity index (χ2n) is 4.22. The first-order valence-electron chi connectivity index (χ1n) is 6.15. The lowest BCUT2D eigenvalue weighted by atomic mass is 10.3. The molecule has 5 nitrogen and oxygen atoms in total. The Hall–Kier alpha value is -1.11. The maximum Gasteiger partial charge on any atom is 0.224 e. The lowest BCUT2D eigenvalue weighted by Gasteiger charge is -2.26. The van der Waals surface area contributed by atoms with E-state index in [4.69, 9.17) is 10.5 Å². The molecular weight excluding hydrogens is 250 g/mol. The summed E-state index contributed by atoms with van der Waals surface area (Å²) >= 11 is 1.64. The van der Waals surface area contributed by atoms with Gasteiger partial charge in [0.15, 0.2) is 0 Å². The van der Waals surface area contributed by atoms with Crippen LogP contribution in [0.4, 0.5) is 5.69 Å². The van der Waals surface area contributed by atoms with Crippen molar-refractivity contribution in [2.24, 2.45) is 0 Å². The van der Waals surface area contributed by atoms with Crippen molar-refractivity contribution >= 4 is 22.9 Å². The van der Waals surface area contributed by atoms with Crippen LogP contribution in [0.5, 0.6) is 0 Å². The Bertz CT molecular complexity index is 388. The van der Waals surface area contributed by atoms with Gasteiger partial charge < -0.3 is 20.7 Å². The van der Waals surface area contributed by atoms with Gasteiger partial charge in [0.2, 0.25) is 5.91 Å². The normalized spacial score (nSPS) is 15.9. The van der Waals surface area contributed by atoms with Crippen LogP contribution in [0.2, 0.25) is 0 Å². The molecule has 0 atom stereocenters. The molecule has 3 N–H and O–H groups in total. The Morgan fingerprint density at radius 3 is 2.94 bits per heavy atom. The van der Waals surface area contributed by atoms with Crippen LogP contribution in [-0.2, 0) is 16.1 Å². The smallest absolute Gasteiger partial charge is 0.224 e. The van der Waals surface area contributed by atoms with Gasteiger partial charge in [-0.05, 0) is 11.4 Å². The van der Waals surface area contributed by atoms with Crippen molar-refractivity contribution in [1.29, 1.82) is 0 Å². The van der Waals surface area contributed by atoms with Crippen LogP contribution in [0.15, 0.2) is 11.4 Å². The average molecular weight is 269 g/mol. The minimum absolute atomic E-state index is 0.199. The number of carbonyl (C=O) groups is 1. The van der Waals surface area contributed by atoms with Crippen LogP contribution >= 0.6 is 11.3 Å². The van der Waals surface area contributed by atoms with E-state index in [1.807, 2.05) is 16.3 Å². The van der Waals surface area contributed by atoms with Crippen molar-refractivity contribution in [3.63, 3.8) is 0 Å². The Labute approximate surface area is 111 Å². The summed E-state index contributed by atoms with van der Waals surface area (Å²) in [5.74, 6) is 0.199. The summed E-state index contributed by atoms with van der Waals surface area (Å²) in [6.07, 6.45) is 0.533. The van der Waals surface area contributed by atoms with Crippen molar-refractivity contribution in [1.82, 2.24) is 10.2 Å². The maximum atomic E-state index is 11.8. The Morgan fingerprint density at radius 2 is 2.28 bits per heavy atom. The highest BCUT2D eigenvalue weighted by Crippen LogP contribution is 2.17. The second-order valence-corrected chi connectivity index (χ2v) is 5.22. The fourth-order valence-electron chi connectivity index (χ4n) is 1.86. The highest BCUT2D eigenvalue weighted by atomic mass is 32.1. The summed E-state index contributed by atoms with van der Waals surface area (Å²) in [4.78, 5) is 14.8. The molecule has 0 unspecified atom stereocenters. The van der Waals surface area contributed by atoms with Crippen molar-refractivity contribution in [2.75, 3.05) is 38.6 Å². The van der Waals surface area contributed by atoms with E-state index in [1.165, 1.54) is 0 Å². The van der Waals surface area contributed by atoms with Gasteiger partial charge in [0.25, 0.3) is 0 Å². The topological polar surface area (TPSA) is 67.6 Å². The molecule has 1 aliphatic rings. The molecule has 0 saturated carbocycles. The number of carbonyl (C=O) groups excluding carboxylic acids is 1. The monoisotopic (exact) mass is 269 g/mol. The number of amides is 1. The van der Waals surface area contributed by atoms with E-state index in [0.717, 1.165) is 30.2 Å². The third kappa shape index (κ3) is 3.69. The zero-order chi connectivity index (χ0) is 12.8. The Kier molecular flexibility index (Phi) is 4.98. The van der Waals surface area contributed by atoms with Gasteiger partial charge in [-0.1, -0.05) is 0 Å². The predicted molar refractivity (Wildman–Crippen MR) is 72.5 cm³/mol. The number of anilines is 1. The molecule has 18 heavy (non-hydrogen) atoms. The van der Waals surface area contributed by atoms with Gasteiger partial charge in [-0.3, -0.25) is 4.79 Å². The molecule has 1 amide bonds. The molecule has 1 fully saturated rings. The highest BCUT2D eigenvalue weighted by molar-refractivity contribution is 7.10. The highest BCUT2D eigenvalue weighted by Gasteiger charge is 2.15. The predicted octanol–water partition coefficient (Wildman–Crippen LogP) is 0.669. The molecule has 2 heterocycles. The first kappa shape index (κ1) is 13.3. The van der Waals surface area contributed by atoms with Crippen LogP contribution in [0.3, 0.4) is 0 Å². The van der Waals surface area contributed by atoms with Crippen molar-refractivity contribution in [2.45, 2.75) is 13.0 Å². The van der Waals surface area contributed by atoms with Gasteiger partial charge >= 0.3 is 0 Å². The number of nitrogen functional groups attached to an aromatic ring is 1. The molecule has 1 aromatic rings. The van der Waals surface area contributed by atoms with Gasteiger partial charge in [-0.2, -0.15) is 0 Å². The SMILES string of the molecule is Nc1ccsc1CNCCC(=O)N1CCOCC1. The van der Waals surface area contributed by atoms with Crippen LogP contribution in [0.25, 0.3) is 0 Å². The first-order chi connectivity index (χ1) is 8.77. The Balaban J connectivity index is 1.63. The Morgan fingerprint density at radius 1 is 1.50 bits per heavy atom. The molecule has 6 heteroatoms. The third-order valence-corrected chi connectivity index (χ3v) is 3.88. The quantitative estimate of drug-likeness (QED) is 0.771. The van der Waals surface area contributed by atoms with Crippen molar-refractivity contribution in [3.8, 4) is 0 Å². The first-order valence-corrected chi connectivity index (χ1v) is 7.03. The molecule has 1 saturated heterocycles. The fraction of sp³-hybridized carbons (Fsp3) is 0.583. The van der Waals surface area contributed by atoms with Crippen LogP contribution in [0.1, 0.15) is 11.3 Å². The molecule has 0 aliphatic carbocycles. The van der Waals surface area contributed by atoms with E-state index in [2.05, 4.69) is 5.32 Å². The molecule has 0 aromatic carbocycles. The van der Waals surface area contributed by atoms with Crippen molar-refractivity contribution < 1.29 is 9.53 Å². The van der Waals surface area contributed by atoms with Gasteiger partial charge in [-0.25, -0.2) is 0 Å².